The topological polar surface area (TPSA) is 69.5 Å². The summed E-state index contributed by atoms with van der Waals surface area (Å²) in [6.45, 7) is -12.6. The normalized spacial score (nSPS) is 42.9. The van der Waals surface area contributed by atoms with E-state index in [1.165, 1.54) is 6.20 Å². The number of amides is 1. The third-order valence-corrected chi connectivity index (χ3v) is 2.95. The zero-order valence-electron chi connectivity index (χ0n) is 27.4. The maximum absolute atomic E-state index is 13.1. The van der Waals surface area contributed by atoms with Crippen LogP contribution in [0.5, 0.6) is 0 Å². The summed E-state index contributed by atoms with van der Waals surface area (Å²) < 4.78 is 131. The van der Waals surface area contributed by atoms with Gasteiger partial charge in [-0.1, -0.05) is 6.85 Å². The second kappa shape index (κ2) is 6.24. The van der Waals surface area contributed by atoms with Gasteiger partial charge in [-0.3, -0.25) is 4.79 Å². The Hall–Kier alpha value is -2.62. The molecular weight excluding hydrogens is 292 g/mol. The second-order valence-corrected chi connectivity index (χ2v) is 4.30. The lowest BCUT2D eigenvalue weighted by Gasteiger charge is -2.41. The Morgan fingerprint density at radius 2 is 2.74 bits per heavy atom. The highest BCUT2D eigenvalue weighted by Gasteiger charge is 2.33. The number of carbonyl (C=O) groups excluding carboxylic acids is 1. The molecule has 0 radical (unpaired) electrons. The SMILES string of the molecule is [2H]c1nc(N([C@H]2C([2H])([2H])N(C(=O)C([2H])([2H])[N+]#[C-])C([2H])([2H])C([2H])([2H])[C@@]2([2H])C([2H])([2H])[2H])C([2H])([2H])[2H])c2cc[nH]c2n1. The quantitative estimate of drug-likeness (QED) is 0.868. The molecule has 7 nitrogen and oxygen atoms in total. The van der Waals surface area contributed by atoms with Crippen molar-refractivity contribution in [2.75, 3.05) is 31.4 Å². The predicted molar refractivity (Wildman–Crippen MR) is 87.9 cm³/mol. The van der Waals surface area contributed by atoms with Crippen LogP contribution in [-0.2, 0) is 4.79 Å². The summed E-state index contributed by atoms with van der Waals surface area (Å²) in [5.74, 6) is -7.20. The van der Waals surface area contributed by atoms with Crippen molar-refractivity contribution in [2.24, 2.45) is 5.89 Å². The summed E-state index contributed by atoms with van der Waals surface area (Å²) in [7, 11) is 0. The molecule has 0 bridgehead atoms. The standard InChI is InChI=1S/C16H20N6O/c1-11-5-7-22(14(23)8-17-2)9-13(11)21(3)16-12-4-6-18-15(12)19-10-20-16/h4,6,10-11,13H,5,7-9H2,1,3H3,(H,18,19,20)/t11-,13+/m1/s1/i1D3,3D3,5D2,7D2,8D2,9D2,10D,11D. The molecule has 0 aromatic carbocycles. The van der Waals surface area contributed by atoms with E-state index in [1.807, 2.05) is 0 Å². The molecule has 3 rings (SSSR count). The molecule has 2 atom stereocenters. The molecule has 1 amide bonds. The molecule has 23 heavy (non-hydrogen) atoms. The first-order valence-corrected chi connectivity index (χ1v) is 6.16. The van der Waals surface area contributed by atoms with Crippen LogP contribution in [0, 0.1) is 12.5 Å². The van der Waals surface area contributed by atoms with Crippen molar-refractivity contribution in [3.05, 3.63) is 30.0 Å². The number of aromatic nitrogens is 3. The lowest BCUT2D eigenvalue weighted by molar-refractivity contribution is -0.130. The van der Waals surface area contributed by atoms with Gasteiger partial charge in [0.25, 0.3) is 6.50 Å². The zero-order valence-corrected chi connectivity index (χ0v) is 11.4. The Labute approximate surface area is 157 Å². The van der Waals surface area contributed by atoms with Crippen molar-refractivity contribution >= 4 is 22.8 Å². The lowest BCUT2D eigenvalue weighted by atomic mass is 9.92. The molecule has 0 unspecified atom stereocenters. The number of anilines is 1. The van der Waals surface area contributed by atoms with E-state index >= 15 is 0 Å². The van der Waals surface area contributed by atoms with Gasteiger partial charge in [0.2, 0.25) is 0 Å². The highest BCUT2D eigenvalue weighted by atomic mass is 16.2. The molecule has 3 heterocycles. The van der Waals surface area contributed by atoms with E-state index in [0.29, 0.717) is 0 Å². The molecule has 2 aromatic rings. The van der Waals surface area contributed by atoms with Gasteiger partial charge in [-0.2, -0.15) is 0 Å². The average Bonchev–Trinajstić information content (AvgIpc) is 3.21. The fourth-order valence-corrected chi connectivity index (χ4v) is 1.92. The first-order valence-electron chi connectivity index (χ1n) is 14.2. The molecule has 1 aliphatic rings. The molecule has 1 aliphatic heterocycles. The van der Waals surface area contributed by atoms with Gasteiger partial charge in [0.1, 0.15) is 21.9 Å². The van der Waals surface area contributed by atoms with Gasteiger partial charge in [-0.25, -0.2) is 16.5 Å². The Morgan fingerprint density at radius 1 is 1.83 bits per heavy atom. The van der Waals surface area contributed by atoms with Crippen LogP contribution in [0.2, 0.25) is 0 Å². The summed E-state index contributed by atoms with van der Waals surface area (Å²) in [6, 6.07) is -2.00. The van der Waals surface area contributed by atoms with E-state index in [2.05, 4.69) is 19.8 Å². The van der Waals surface area contributed by atoms with Gasteiger partial charge in [0.05, 0.1) is 14.2 Å². The van der Waals surface area contributed by atoms with Crippen LogP contribution in [0.4, 0.5) is 5.82 Å². The summed E-state index contributed by atoms with van der Waals surface area (Å²) >= 11 is 0. The Bertz CT molecular complexity index is 1340. The summed E-state index contributed by atoms with van der Waals surface area (Å²) in [5, 5.41) is -0.241. The van der Waals surface area contributed by atoms with Gasteiger partial charge in [0, 0.05) is 41.2 Å². The lowest BCUT2D eigenvalue weighted by Crippen LogP contribution is -2.53. The van der Waals surface area contributed by atoms with Gasteiger partial charge >= 0.3 is 5.91 Å². The highest BCUT2D eigenvalue weighted by Crippen LogP contribution is 2.28. The number of H-pyrrole nitrogens is 1. The van der Waals surface area contributed by atoms with Crippen LogP contribution in [-0.4, -0.2) is 58.3 Å². The number of nitrogens with zero attached hydrogens (tertiary/aromatic N) is 5. The largest absolute Gasteiger partial charge is 0.354 e. The van der Waals surface area contributed by atoms with E-state index in [9.17, 15) is 4.79 Å². The minimum absolute atomic E-state index is 0.108. The number of likely N-dealkylation sites (N-methyl/N-ethyl adjacent to an activating group) is 1. The molecule has 0 spiro atoms. The van der Waals surface area contributed by atoms with E-state index in [-0.39, 0.29) is 15.9 Å². The maximum Gasteiger partial charge on any atom is 0.302 e. The number of hydrogen-bond acceptors (Lipinski definition) is 4. The van der Waals surface area contributed by atoms with Crippen LogP contribution >= 0.6 is 0 Å². The Kier molecular flexibility index (Phi) is 1.41. The van der Waals surface area contributed by atoms with Crippen LogP contribution in [0.3, 0.4) is 0 Å². The molecule has 7 heteroatoms. The van der Waals surface area contributed by atoms with Crippen LogP contribution < -0.4 is 4.90 Å². The number of fused-ring (bicyclic) bond motifs is 1. The molecule has 1 fully saturated rings. The highest BCUT2D eigenvalue weighted by molar-refractivity contribution is 5.87. The second-order valence-electron chi connectivity index (χ2n) is 4.30. The number of piperidine rings is 1. The minimum atomic E-state index is -4.15. The number of aromatic amines is 1. The molecule has 1 N–H and O–H groups in total. The van der Waals surface area contributed by atoms with E-state index in [0.717, 1.165) is 6.07 Å². The fraction of sp³-hybridized carbons (Fsp3) is 0.500. The van der Waals surface area contributed by atoms with Gasteiger partial charge in [0.15, 0.2) is 0 Å². The van der Waals surface area contributed by atoms with Crippen molar-refractivity contribution in [3.8, 4) is 0 Å². The van der Waals surface area contributed by atoms with Crippen LogP contribution in [0.15, 0.2) is 18.6 Å². The van der Waals surface area contributed by atoms with E-state index < -0.39 is 74.6 Å². The van der Waals surface area contributed by atoms with Gasteiger partial charge in [-0.15, -0.1) is 0 Å². The Balaban J connectivity index is 2.57. The first-order chi connectivity index (χ1) is 17.3. The van der Waals surface area contributed by atoms with Crippen LogP contribution in [0.25, 0.3) is 15.9 Å². The number of likely N-dealkylation sites (tertiary alicyclic amines) is 1. The number of nitrogens with one attached hydrogen (secondary N) is 1. The smallest absolute Gasteiger partial charge is 0.302 e. The van der Waals surface area contributed by atoms with Crippen LogP contribution in [0.1, 0.15) is 35.2 Å². The number of carbonyl (C=O) groups is 1. The Morgan fingerprint density at radius 3 is 3.52 bits per heavy atom. The van der Waals surface area contributed by atoms with Crippen molar-refractivity contribution in [2.45, 2.75) is 19.3 Å². The first kappa shape index (κ1) is 5.20. The van der Waals surface area contributed by atoms with E-state index in [1.54, 1.807) is 0 Å². The van der Waals surface area contributed by atoms with Crippen molar-refractivity contribution < 1.29 is 26.7 Å². The molecule has 0 saturated carbocycles. The average molecular weight is 328 g/mol. The minimum Gasteiger partial charge on any atom is -0.354 e. The third kappa shape index (κ3) is 2.84. The molecule has 1 saturated heterocycles. The zero-order chi connectivity index (χ0) is 30.4. The molecule has 2 aromatic heterocycles. The van der Waals surface area contributed by atoms with Crippen molar-refractivity contribution in [1.29, 1.82) is 0 Å². The number of rotatable bonds is 3. The van der Waals surface area contributed by atoms with Crippen molar-refractivity contribution in [3.63, 3.8) is 0 Å². The molecule has 0 aliphatic carbocycles. The molecule has 120 valence electrons. The molecular formula is C16H20N6O. The van der Waals surface area contributed by atoms with Gasteiger partial charge < -0.3 is 19.6 Å². The van der Waals surface area contributed by atoms with Crippen molar-refractivity contribution in [1.82, 2.24) is 19.9 Å². The third-order valence-electron chi connectivity index (χ3n) is 2.95. The van der Waals surface area contributed by atoms with Gasteiger partial charge in [-0.05, 0) is 18.3 Å². The number of hydrogen-bond donors (Lipinski definition) is 1. The maximum atomic E-state index is 13.1. The monoisotopic (exact) mass is 328 g/mol. The summed E-state index contributed by atoms with van der Waals surface area (Å²) in [5.41, 5.74) is -0.185. The summed E-state index contributed by atoms with van der Waals surface area (Å²) in [4.78, 5) is 24.6. The predicted octanol–water partition coefficient (Wildman–Crippen LogP) is 1.55. The fourth-order valence-electron chi connectivity index (χ4n) is 1.92. The van der Waals surface area contributed by atoms with E-state index in [4.69, 9.17) is 28.5 Å². The summed E-state index contributed by atoms with van der Waals surface area (Å²) in [6.07, 6.45) is -3.79.